The summed E-state index contributed by atoms with van der Waals surface area (Å²) in [5.41, 5.74) is -0.415. The minimum Gasteiger partial charge on any atom is -0.444 e. The molecule has 0 aromatic heterocycles. The van der Waals surface area contributed by atoms with E-state index in [2.05, 4.69) is 13.8 Å². The standard InChI is InChI=1S/C14H27NO3/c1-11(2)10-17-12-6-8-15(9-7-12)13(16)18-14(3,4)5/h11-12H,6-10H2,1-5H3. The third-order valence-corrected chi connectivity index (χ3v) is 2.76. The molecule has 0 atom stereocenters. The summed E-state index contributed by atoms with van der Waals surface area (Å²) in [6.07, 6.45) is 1.91. The topological polar surface area (TPSA) is 38.8 Å². The first-order valence-corrected chi connectivity index (χ1v) is 6.87. The van der Waals surface area contributed by atoms with Gasteiger partial charge in [-0.3, -0.25) is 0 Å². The SMILES string of the molecule is CC(C)COC1CCN(C(=O)OC(C)(C)C)CC1. The van der Waals surface area contributed by atoms with E-state index in [1.165, 1.54) is 0 Å². The van der Waals surface area contributed by atoms with Crippen molar-refractivity contribution in [3.05, 3.63) is 0 Å². The molecule has 0 radical (unpaired) electrons. The van der Waals surface area contributed by atoms with Crippen LogP contribution >= 0.6 is 0 Å². The zero-order chi connectivity index (χ0) is 13.8. The molecule has 106 valence electrons. The number of piperidine rings is 1. The molecule has 1 heterocycles. The summed E-state index contributed by atoms with van der Waals surface area (Å²) in [6, 6.07) is 0. The molecule has 1 aliphatic heterocycles. The number of carbonyl (C=O) groups excluding carboxylic acids is 1. The molecular weight excluding hydrogens is 230 g/mol. The quantitative estimate of drug-likeness (QED) is 0.780. The number of carbonyl (C=O) groups is 1. The average molecular weight is 257 g/mol. The van der Waals surface area contributed by atoms with E-state index in [-0.39, 0.29) is 6.09 Å². The predicted octanol–water partition coefficient (Wildman–Crippen LogP) is 3.06. The molecule has 1 fully saturated rings. The maximum Gasteiger partial charge on any atom is 0.410 e. The van der Waals surface area contributed by atoms with Gasteiger partial charge in [0.05, 0.1) is 6.10 Å². The maximum atomic E-state index is 11.8. The average Bonchev–Trinajstić information content (AvgIpc) is 2.24. The van der Waals surface area contributed by atoms with Crippen LogP contribution in [0.1, 0.15) is 47.5 Å². The molecule has 0 aromatic carbocycles. The van der Waals surface area contributed by atoms with Crippen molar-refractivity contribution in [3.63, 3.8) is 0 Å². The van der Waals surface area contributed by atoms with Crippen molar-refractivity contribution in [1.82, 2.24) is 4.90 Å². The summed E-state index contributed by atoms with van der Waals surface area (Å²) < 4.78 is 11.2. The summed E-state index contributed by atoms with van der Waals surface area (Å²) in [6.45, 7) is 12.2. The van der Waals surface area contributed by atoms with E-state index in [1.807, 2.05) is 20.8 Å². The van der Waals surface area contributed by atoms with Gasteiger partial charge in [-0.2, -0.15) is 0 Å². The van der Waals surface area contributed by atoms with Gasteiger partial charge in [0, 0.05) is 19.7 Å². The third kappa shape index (κ3) is 5.71. The number of ether oxygens (including phenoxy) is 2. The van der Waals surface area contributed by atoms with Crippen LogP contribution in [0.3, 0.4) is 0 Å². The van der Waals surface area contributed by atoms with Crippen LogP contribution in [0.2, 0.25) is 0 Å². The monoisotopic (exact) mass is 257 g/mol. The minimum absolute atomic E-state index is 0.204. The van der Waals surface area contributed by atoms with Gasteiger partial charge in [0.15, 0.2) is 0 Å². The molecule has 18 heavy (non-hydrogen) atoms. The van der Waals surface area contributed by atoms with Crippen molar-refractivity contribution in [1.29, 1.82) is 0 Å². The second-order valence-corrected chi connectivity index (χ2v) is 6.39. The van der Waals surface area contributed by atoms with Gasteiger partial charge >= 0.3 is 6.09 Å². The van der Waals surface area contributed by atoms with Crippen LogP contribution in [0, 0.1) is 5.92 Å². The molecule has 0 saturated carbocycles. The van der Waals surface area contributed by atoms with E-state index in [9.17, 15) is 4.79 Å². The number of hydrogen-bond donors (Lipinski definition) is 0. The van der Waals surface area contributed by atoms with E-state index in [4.69, 9.17) is 9.47 Å². The number of amides is 1. The van der Waals surface area contributed by atoms with Gasteiger partial charge in [0.1, 0.15) is 5.60 Å². The Balaban J connectivity index is 2.28. The Morgan fingerprint density at radius 2 is 1.83 bits per heavy atom. The lowest BCUT2D eigenvalue weighted by Gasteiger charge is -2.33. The second kappa shape index (κ2) is 6.41. The fraction of sp³-hybridized carbons (Fsp3) is 0.929. The van der Waals surface area contributed by atoms with Gasteiger partial charge in [0.2, 0.25) is 0 Å². The van der Waals surface area contributed by atoms with Crippen molar-refractivity contribution in [2.45, 2.75) is 59.2 Å². The Bertz CT molecular complexity index is 263. The highest BCUT2D eigenvalue weighted by molar-refractivity contribution is 5.68. The summed E-state index contributed by atoms with van der Waals surface area (Å²) >= 11 is 0. The normalized spacial score (nSPS) is 18.2. The molecule has 1 aliphatic rings. The van der Waals surface area contributed by atoms with Crippen LogP contribution < -0.4 is 0 Å². The van der Waals surface area contributed by atoms with Crippen molar-refractivity contribution in [2.24, 2.45) is 5.92 Å². The number of nitrogens with zero attached hydrogens (tertiary/aromatic N) is 1. The van der Waals surface area contributed by atoms with Crippen LogP contribution in [-0.4, -0.2) is 42.4 Å². The van der Waals surface area contributed by atoms with Crippen LogP contribution in [0.4, 0.5) is 4.79 Å². The Hall–Kier alpha value is -0.770. The third-order valence-electron chi connectivity index (χ3n) is 2.76. The van der Waals surface area contributed by atoms with Gasteiger partial charge in [-0.1, -0.05) is 13.8 Å². The molecule has 4 nitrogen and oxygen atoms in total. The van der Waals surface area contributed by atoms with Crippen LogP contribution in [0.5, 0.6) is 0 Å². The van der Waals surface area contributed by atoms with Crippen molar-refractivity contribution in [2.75, 3.05) is 19.7 Å². The lowest BCUT2D eigenvalue weighted by Crippen LogP contribution is -2.43. The fourth-order valence-corrected chi connectivity index (χ4v) is 1.86. The zero-order valence-electron chi connectivity index (χ0n) is 12.4. The molecule has 1 amide bonds. The minimum atomic E-state index is -0.415. The molecule has 0 bridgehead atoms. The Morgan fingerprint density at radius 1 is 1.28 bits per heavy atom. The second-order valence-electron chi connectivity index (χ2n) is 6.39. The lowest BCUT2D eigenvalue weighted by atomic mass is 10.1. The first-order chi connectivity index (χ1) is 8.28. The van der Waals surface area contributed by atoms with Gasteiger partial charge in [-0.25, -0.2) is 4.79 Å². The number of likely N-dealkylation sites (tertiary alicyclic amines) is 1. The van der Waals surface area contributed by atoms with E-state index in [0.717, 1.165) is 32.5 Å². The molecule has 1 saturated heterocycles. The zero-order valence-corrected chi connectivity index (χ0v) is 12.4. The van der Waals surface area contributed by atoms with Gasteiger partial charge in [0.25, 0.3) is 0 Å². The molecule has 0 N–H and O–H groups in total. The van der Waals surface area contributed by atoms with Gasteiger partial charge in [-0.05, 0) is 39.5 Å². The molecule has 0 spiro atoms. The van der Waals surface area contributed by atoms with E-state index in [1.54, 1.807) is 4.90 Å². The first-order valence-electron chi connectivity index (χ1n) is 6.87. The Morgan fingerprint density at radius 3 is 2.28 bits per heavy atom. The van der Waals surface area contributed by atoms with Gasteiger partial charge < -0.3 is 14.4 Å². The van der Waals surface area contributed by atoms with Gasteiger partial charge in [-0.15, -0.1) is 0 Å². The molecule has 0 aromatic rings. The van der Waals surface area contributed by atoms with E-state index in [0.29, 0.717) is 12.0 Å². The smallest absolute Gasteiger partial charge is 0.410 e. The Kier molecular flexibility index (Phi) is 5.45. The summed E-state index contributed by atoms with van der Waals surface area (Å²) in [7, 11) is 0. The fourth-order valence-electron chi connectivity index (χ4n) is 1.86. The largest absolute Gasteiger partial charge is 0.444 e. The van der Waals surface area contributed by atoms with Crippen LogP contribution in [-0.2, 0) is 9.47 Å². The number of hydrogen-bond acceptors (Lipinski definition) is 3. The Labute approximate surface area is 111 Å². The molecule has 1 rings (SSSR count). The van der Waals surface area contributed by atoms with E-state index < -0.39 is 5.60 Å². The highest BCUT2D eigenvalue weighted by atomic mass is 16.6. The summed E-state index contributed by atoms with van der Waals surface area (Å²) in [5, 5.41) is 0. The molecular formula is C14H27NO3. The summed E-state index contributed by atoms with van der Waals surface area (Å²) in [5.74, 6) is 0.564. The molecule has 0 unspecified atom stereocenters. The predicted molar refractivity (Wildman–Crippen MR) is 71.6 cm³/mol. The van der Waals surface area contributed by atoms with Crippen molar-refractivity contribution < 1.29 is 14.3 Å². The summed E-state index contributed by atoms with van der Waals surface area (Å²) in [4.78, 5) is 13.6. The van der Waals surface area contributed by atoms with Crippen LogP contribution in [0.15, 0.2) is 0 Å². The van der Waals surface area contributed by atoms with E-state index >= 15 is 0 Å². The lowest BCUT2D eigenvalue weighted by molar-refractivity contribution is -0.0179. The maximum absolute atomic E-state index is 11.8. The highest BCUT2D eigenvalue weighted by Crippen LogP contribution is 2.17. The first kappa shape index (κ1) is 15.3. The highest BCUT2D eigenvalue weighted by Gasteiger charge is 2.27. The number of rotatable bonds is 3. The molecule has 4 heteroatoms. The van der Waals surface area contributed by atoms with Crippen LogP contribution in [0.25, 0.3) is 0 Å². The van der Waals surface area contributed by atoms with Crippen molar-refractivity contribution >= 4 is 6.09 Å². The van der Waals surface area contributed by atoms with Crippen molar-refractivity contribution in [3.8, 4) is 0 Å². The molecule has 0 aliphatic carbocycles.